The predicted molar refractivity (Wildman–Crippen MR) is 128 cm³/mol. The Morgan fingerprint density at radius 1 is 0.939 bits per heavy atom. The SMILES string of the molecule is O=C(Cn1c(=O)n(-c2ccccc2)c2ncccc21)NC1CCN(Cc2ccccc2)CC1. The molecule has 0 unspecified atom stereocenters. The second kappa shape index (κ2) is 9.42. The number of hydrogen-bond donors (Lipinski definition) is 1. The second-order valence-corrected chi connectivity index (χ2v) is 8.49. The van der Waals surface area contributed by atoms with Crippen LogP contribution in [0.1, 0.15) is 18.4 Å². The molecule has 0 atom stereocenters. The van der Waals surface area contributed by atoms with E-state index >= 15 is 0 Å². The Hall–Kier alpha value is -3.71. The van der Waals surface area contributed by atoms with Crippen LogP contribution >= 0.6 is 0 Å². The normalized spacial score (nSPS) is 15.0. The molecule has 1 saturated heterocycles. The molecule has 7 nitrogen and oxygen atoms in total. The third kappa shape index (κ3) is 4.59. The molecule has 1 amide bonds. The van der Waals surface area contributed by atoms with Gasteiger partial charge in [0.1, 0.15) is 6.54 Å². The first-order chi connectivity index (χ1) is 16.2. The van der Waals surface area contributed by atoms with Crippen molar-refractivity contribution in [2.24, 2.45) is 0 Å². The number of aromatic nitrogens is 3. The van der Waals surface area contributed by atoms with Crippen molar-refractivity contribution < 1.29 is 4.79 Å². The van der Waals surface area contributed by atoms with Crippen molar-refractivity contribution in [1.29, 1.82) is 0 Å². The molecule has 2 aromatic carbocycles. The molecule has 7 heteroatoms. The van der Waals surface area contributed by atoms with Crippen LogP contribution in [0.4, 0.5) is 0 Å². The maximum Gasteiger partial charge on any atom is 0.335 e. The van der Waals surface area contributed by atoms with Gasteiger partial charge in [-0.2, -0.15) is 0 Å². The highest BCUT2D eigenvalue weighted by molar-refractivity contribution is 5.80. The van der Waals surface area contributed by atoms with E-state index in [1.165, 1.54) is 10.1 Å². The van der Waals surface area contributed by atoms with Crippen molar-refractivity contribution in [3.8, 4) is 5.69 Å². The van der Waals surface area contributed by atoms with Crippen molar-refractivity contribution in [3.05, 3.63) is 95.0 Å². The molecule has 0 radical (unpaired) electrons. The lowest BCUT2D eigenvalue weighted by Crippen LogP contribution is -2.45. The number of carbonyl (C=O) groups is 1. The number of hydrogen-bond acceptors (Lipinski definition) is 4. The van der Waals surface area contributed by atoms with Crippen LogP contribution in [0, 0.1) is 0 Å². The van der Waals surface area contributed by atoms with Crippen LogP contribution in [0.15, 0.2) is 83.8 Å². The number of piperidine rings is 1. The van der Waals surface area contributed by atoms with Crippen molar-refractivity contribution >= 4 is 17.1 Å². The lowest BCUT2D eigenvalue weighted by Gasteiger charge is -2.32. The van der Waals surface area contributed by atoms with E-state index in [2.05, 4.69) is 39.5 Å². The highest BCUT2D eigenvalue weighted by Crippen LogP contribution is 2.16. The lowest BCUT2D eigenvalue weighted by atomic mass is 10.0. The maximum atomic E-state index is 13.2. The summed E-state index contributed by atoms with van der Waals surface area (Å²) in [6.07, 6.45) is 3.47. The largest absolute Gasteiger partial charge is 0.352 e. The number of likely N-dealkylation sites (tertiary alicyclic amines) is 1. The summed E-state index contributed by atoms with van der Waals surface area (Å²) >= 11 is 0. The molecule has 33 heavy (non-hydrogen) atoms. The molecule has 1 fully saturated rings. The van der Waals surface area contributed by atoms with Crippen LogP contribution in [-0.2, 0) is 17.9 Å². The highest BCUT2D eigenvalue weighted by atomic mass is 16.2. The molecule has 0 bridgehead atoms. The van der Waals surface area contributed by atoms with Gasteiger partial charge >= 0.3 is 5.69 Å². The number of pyridine rings is 1. The molecular weight excluding hydrogens is 414 g/mol. The molecule has 2 aromatic heterocycles. The average Bonchev–Trinajstić information content (AvgIpc) is 3.13. The minimum Gasteiger partial charge on any atom is -0.352 e. The van der Waals surface area contributed by atoms with E-state index in [0.717, 1.165) is 38.2 Å². The highest BCUT2D eigenvalue weighted by Gasteiger charge is 2.22. The zero-order valence-electron chi connectivity index (χ0n) is 18.4. The average molecular weight is 442 g/mol. The fourth-order valence-electron chi connectivity index (χ4n) is 4.54. The molecule has 1 N–H and O–H groups in total. The summed E-state index contributed by atoms with van der Waals surface area (Å²) < 4.78 is 3.07. The molecule has 5 rings (SSSR count). The Balaban J connectivity index is 1.26. The van der Waals surface area contributed by atoms with Gasteiger partial charge in [-0.25, -0.2) is 14.3 Å². The molecule has 0 saturated carbocycles. The van der Waals surface area contributed by atoms with Crippen LogP contribution in [-0.4, -0.2) is 44.1 Å². The van der Waals surface area contributed by atoms with Crippen molar-refractivity contribution in [1.82, 2.24) is 24.3 Å². The first-order valence-electron chi connectivity index (χ1n) is 11.4. The molecular formula is C26H27N5O2. The zero-order valence-corrected chi connectivity index (χ0v) is 18.4. The summed E-state index contributed by atoms with van der Waals surface area (Å²) in [4.78, 5) is 32.9. The Morgan fingerprint density at radius 2 is 1.64 bits per heavy atom. The third-order valence-electron chi connectivity index (χ3n) is 6.21. The van der Waals surface area contributed by atoms with E-state index in [4.69, 9.17) is 0 Å². The number of benzene rings is 2. The number of nitrogens with zero attached hydrogens (tertiary/aromatic N) is 4. The number of carbonyl (C=O) groups excluding carboxylic acids is 1. The number of amides is 1. The van der Waals surface area contributed by atoms with Gasteiger partial charge in [-0.05, 0) is 42.7 Å². The van der Waals surface area contributed by atoms with Crippen LogP contribution < -0.4 is 11.0 Å². The summed E-state index contributed by atoms with van der Waals surface area (Å²) in [5, 5.41) is 3.14. The summed E-state index contributed by atoms with van der Waals surface area (Å²) in [7, 11) is 0. The van der Waals surface area contributed by atoms with Crippen LogP contribution in [0.25, 0.3) is 16.9 Å². The molecule has 1 aliphatic heterocycles. The minimum absolute atomic E-state index is 0.0227. The van der Waals surface area contributed by atoms with E-state index < -0.39 is 0 Å². The van der Waals surface area contributed by atoms with Gasteiger partial charge in [0.2, 0.25) is 5.91 Å². The van der Waals surface area contributed by atoms with E-state index in [1.54, 1.807) is 16.8 Å². The maximum absolute atomic E-state index is 13.2. The molecule has 168 valence electrons. The van der Waals surface area contributed by atoms with Crippen LogP contribution in [0.5, 0.6) is 0 Å². The first kappa shape index (κ1) is 21.2. The number of fused-ring (bicyclic) bond motifs is 1. The van der Waals surface area contributed by atoms with E-state index in [-0.39, 0.29) is 24.2 Å². The lowest BCUT2D eigenvalue weighted by molar-refractivity contribution is -0.122. The fraction of sp³-hybridized carbons (Fsp3) is 0.269. The van der Waals surface area contributed by atoms with Gasteiger partial charge in [0.25, 0.3) is 0 Å². The Morgan fingerprint density at radius 3 is 2.36 bits per heavy atom. The number of imidazole rings is 1. The molecule has 4 aromatic rings. The zero-order chi connectivity index (χ0) is 22.6. The smallest absolute Gasteiger partial charge is 0.335 e. The monoisotopic (exact) mass is 441 g/mol. The molecule has 0 spiro atoms. The number of para-hydroxylation sites is 1. The quantitative estimate of drug-likeness (QED) is 0.499. The van der Waals surface area contributed by atoms with E-state index in [1.807, 2.05) is 42.5 Å². The molecule has 0 aliphatic carbocycles. The summed E-state index contributed by atoms with van der Waals surface area (Å²) in [5.41, 5.74) is 2.98. The third-order valence-corrected chi connectivity index (χ3v) is 6.21. The Bertz CT molecular complexity index is 1290. The van der Waals surface area contributed by atoms with Gasteiger partial charge in [0.15, 0.2) is 5.65 Å². The van der Waals surface area contributed by atoms with Gasteiger partial charge in [0, 0.05) is 31.9 Å². The minimum atomic E-state index is -0.261. The first-order valence-corrected chi connectivity index (χ1v) is 11.4. The number of rotatable bonds is 6. The van der Waals surface area contributed by atoms with Gasteiger partial charge in [-0.1, -0.05) is 48.5 Å². The number of nitrogens with one attached hydrogen (secondary N) is 1. The van der Waals surface area contributed by atoms with Crippen molar-refractivity contribution in [3.63, 3.8) is 0 Å². The second-order valence-electron chi connectivity index (χ2n) is 8.49. The van der Waals surface area contributed by atoms with Gasteiger partial charge < -0.3 is 5.32 Å². The van der Waals surface area contributed by atoms with Gasteiger partial charge in [-0.3, -0.25) is 14.3 Å². The Labute approximate surface area is 192 Å². The van der Waals surface area contributed by atoms with Gasteiger partial charge in [-0.15, -0.1) is 0 Å². The molecule has 3 heterocycles. The standard InChI is InChI=1S/C26H27N5O2/c32-24(28-21-13-16-29(17-14-21)18-20-8-3-1-4-9-20)19-30-23-12-7-15-27-25(23)31(26(30)33)22-10-5-2-6-11-22/h1-12,15,21H,13-14,16-19H2,(H,28,32). The Kier molecular flexibility index (Phi) is 6.04. The summed E-state index contributed by atoms with van der Waals surface area (Å²) in [6.45, 7) is 2.79. The summed E-state index contributed by atoms with van der Waals surface area (Å²) in [5.74, 6) is -0.144. The predicted octanol–water partition coefficient (Wildman–Crippen LogP) is 2.97. The van der Waals surface area contributed by atoms with E-state index in [9.17, 15) is 9.59 Å². The topological polar surface area (TPSA) is 72.2 Å². The van der Waals surface area contributed by atoms with E-state index in [0.29, 0.717) is 11.2 Å². The summed E-state index contributed by atoms with van der Waals surface area (Å²) in [6, 6.07) is 23.6. The van der Waals surface area contributed by atoms with Crippen molar-refractivity contribution in [2.45, 2.75) is 32.0 Å². The fourth-order valence-corrected chi connectivity index (χ4v) is 4.54. The van der Waals surface area contributed by atoms with Crippen LogP contribution in [0.3, 0.4) is 0 Å². The van der Waals surface area contributed by atoms with Crippen molar-refractivity contribution in [2.75, 3.05) is 13.1 Å². The van der Waals surface area contributed by atoms with Crippen LogP contribution in [0.2, 0.25) is 0 Å². The van der Waals surface area contributed by atoms with Gasteiger partial charge in [0.05, 0.1) is 11.2 Å². The molecule has 1 aliphatic rings.